The molecule has 0 amide bonds. The summed E-state index contributed by atoms with van der Waals surface area (Å²) in [5.74, 6) is -0.110. The van der Waals surface area contributed by atoms with Crippen molar-refractivity contribution in [1.29, 1.82) is 0 Å². The lowest BCUT2D eigenvalue weighted by Gasteiger charge is -2.32. The molecule has 1 unspecified atom stereocenters. The number of ether oxygens (including phenoxy) is 1. The molecular formula is C13H18ClF3N2O. The molecule has 0 radical (unpaired) electrons. The van der Waals surface area contributed by atoms with E-state index in [4.69, 9.17) is 0 Å². The number of halogens is 4. The highest BCUT2D eigenvalue weighted by atomic mass is 35.5. The molecule has 3 nitrogen and oxygen atoms in total. The second-order valence-electron chi connectivity index (χ2n) is 4.75. The molecule has 0 spiro atoms. The van der Waals surface area contributed by atoms with Gasteiger partial charge in [0.05, 0.1) is 0 Å². The van der Waals surface area contributed by atoms with Gasteiger partial charge < -0.3 is 10.1 Å². The Morgan fingerprint density at radius 3 is 2.70 bits per heavy atom. The smallest absolute Gasteiger partial charge is 0.405 e. The highest BCUT2D eigenvalue weighted by molar-refractivity contribution is 5.85. The molecule has 1 aliphatic rings. The lowest BCUT2D eigenvalue weighted by atomic mass is 10.1. The molecule has 0 aromatic heterocycles. The predicted molar refractivity (Wildman–Crippen MR) is 73.1 cm³/mol. The summed E-state index contributed by atoms with van der Waals surface area (Å²) >= 11 is 0. The first-order valence-electron chi connectivity index (χ1n) is 6.23. The fraction of sp³-hybridized carbons (Fsp3) is 0.538. The fourth-order valence-corrected chi connectivity index (χ4v) is 2.26. The summed E-state index contributed by atoms with van der Waals surface area (Å²) in [5.41, 5.74) is 0.564. The molecule has 0 bridgehead atoms. The Kier molecular flexibility index (Phi) is 6.10. The van der Waals surface area contributed by atoms with E-state index in [0.29, 0.717) is 18.2 Å². The van der Waals surface area contributed by atoms with Crippen LogP contribution in [-0.2, 0) is 6.54 Å². The third-order valence-electron chi connectivity index (χ3n) is 3.05. The molecule has 1 atom stereocenters. The van der Waals surface area contributed by atoms with Crippen molar-refractivity contribution in [3.8, 4) is 5.75 Å². The van der Waals surface area contributed by atoms with Crippen molar-refractivity contribution in [3.05, 3.63) is 29.8 Å². The van der Waals surface area contributed by atoms with Gasteiger partial charge in [-0.3, -0.25) is 4.90 Å². The summed E-state index contributed by atoms with van der Waals surface area (Å²) in [4.78, 5) is 2.12. The van der Waals surface area contributed by atoms with E-state index in [0.717, 1.165) is 19.6 Å². The average Bonchev–Trinajstić information content (AvgIpc) is 2.30. The van der Waals surface area contributed by atoms with Gasteiger partial charge in [0.1, 0.15) is 5.75 Å². The Morgan fingerprint density at radius 2 is 2.05 bits per heavy atom. The minimum atomic E-state index is -4.65. The van der Waals surface area contributed by atoms with Crippen molar-refractivity contribution in [1.82, 2.24) is 10.2 Å². The van der Waals surface area contributed by atoms with Gasteiger partial charge in [-0.1, -0.05) is 18.2 Å². The predicted octanol–water partition coefficient (Wildman–Crippen LogP) is 2.80. The van der Waals surface area contributed by atoms with Crippen molar-refractivity contribution in [2.75, 3.05) is 19.6 Å². The molecule has 0 saturated carbocycles. The standard InChI is InChI=1S/C13H17F3N2O.ClH/c1-10-8-18(7-6-17-10)9-11-4-2-3-5-12(11)19-13(14,15)16;/h2-5,10,17H,6-9H2,1H3;1H. The third-order valence-corrected chi connectivity index (χ3v) is 3.05. The number of rotatable bonds is 3. The topological polar surface area (TPSA) is 24.5 Å². The zero-order valence-corrected chi connectivity index (χ0v) is 11.9. The molecule has 7 heteroatoms. The minimum absolute atomic E-state index is 0. The van der Waals surface area contributed by atoms with Crippen LogP contribution in [0.2, 0.25) is 0 Å². The Hall–Kier alpha value is -0.980. The largest absolute Gasteiger partial charge is 0.573 e. The number of nitrogens with one attached hydrogen (secondary N) is 1. The van der Waals surface area contributed by atoms with Crippen molar-refractivity contribution in [2.45, 2.75) is 25.9 Å². The van der Waals surface area contributed by atoms with Crippen molar-refractivity contribution in [2.24, 2.45) is 0 Å². The summed E-state index contributed by atoms with van der Waals surface area (Å²) < 4.78 is 41.0. The van der Waals surface area contributed by atoms with E-state index in [1.807, 2.05) is 0 Å². The van der Waals surface area contributed by atoms with Crippen LogP contribution in [-0.4, -0.2) is 36.9 Å². The molecule has 1 aromatic carbocycles. The first-order chi connectivity index (χ1) is 8.94. The second kappa shape index (κ2) is 7.15. The monoisotopic (exact) mass is 310 g/mol. The highest BCUT2D eigenvalue weighted by Crippen LogP contribution is 2.27. The van der Waals surface area contributed by atoms with Crippen LogP contribution in [0, 0.1) is 0 Å². The lowest BCUT2D eigenvalue weighted by molar-refractivity contribution is -0.275. The maximum Gasteiger partial charge on any atom is 0.573 e. The summed E-state index contributed by atoms with van der Waals surface area (Å²) in [7, 11) is 0. The Morgan fingerprint density at radius 1 is 1.35 bits per heavy atom. The van der Waals surface area contributed by atoms with Gasteiger partial charge in [-0.25, -0.2) is 0 Å². The Bertz CT molecular complexity index is 428. The van der Waals surface area contributed by atoms with Crippen LogP contribution >= 0.6 is 12.4 Å². The van der Waals surface area contributed by atoms with Crippen LogP contribution in [0.15, 0.2) is 24.3 Å². The van der Waals surface area contributed by atoms with Gasteiger partial charge in [-0.2, -0.15) is 0 Å². The molecule has 114 valence electrons. The van der Waals surface area contributed by atoms with Gasteiger partial charge in [0.15, 0.2) is 0 Å². The van der Waals surface area contributed by atoms with Crippen LogP contribution < -0.4 is 10.1 Å². The van der Waals surface area contributed by atoms with E-state index in [9.17, 15) is 13.2 Å². The number of nitrogens with zero attached hydrogens (tertiary/aromatic N) is 1. The van der Waals surface area contributed by atoms with E-state index in [-0.39, 0.29) is 18.2 Å². The molecule has 2 rings (SSSR count). The number of hydrogen-bond acceptors (Lipinski definition) is 3. The van der Waals surface area contributed by atoms with E-state index in [2.05, 4.69) is 21.9 Å². The SMILES string of the molecule is CC1CN(Cc2ccccc2OC(F)(F)F)CCN1.Cl. The average molecular weight is 311 g/mol. The molecule has 0 aliphatic carbocycles. The fourth-order valence-electron chi connectivity index (χ4n) is 2.26. The van der Waals surface area contributed by atoms with Crippen LogP contribution in [0.1, 0.15) is 12.5 Å². The quantitative estimate of drug-likeness (QED) is 0.929. The first-order valence-corrected chi connectivity index (χ1v) is 6.23. The van der Waals surface area contributed by atoms with Gasteiger partial charge >= 0.3 is 6.36 Å². The maximum absolute atomic E-state index is 12.3. The van der Waals surface area contributed by atoms with Gasteiger partial charge in [-0.15, -0.1) is 25.6 Å². The molecule has 1 aliphatic heterocycles. The third kappa shape index (κ3) is 5.19. The zero-order valence-electron chi connectivity index (χ0n) is 11.1. The molecule has 20 heavy (non-hydrogen) atoms. The van der Waals surface area contributed by atoms with Crippen molar-refractivity contribution in [3.63, 3.8) is 0 Å². The van der Waals surface area contributed by atoms with Crippen molar-refractivity contribution < 1.29 is 17.9 Å². The van der Waals surface area contributed by atoms with Crippen molar-refractivity contribution >= 4 is 12.4 Å². The summed E-state index contributed by atoms with van der Waals surface area (Å²) in [5, 5.41) is 3.30. The van der Waals surface area contributed by atoms with E-state index >= 15 is 0 Å². The maximum atomic E-state index is 12.3. The molecule has 1 fully saturated rings. The molecule has 1 heterocycles. The zero-order chi connectivity index (χ0) is 13.9. The normalized spacial score (nSPS) is 20.3. The minimum Gasteiger partial charge on any atom is -0.405 e. The Balaban J connectivity index is 0.00000200. The highest BCUT2D eigenvalue weighted by Gasteiger charge is 2.32. The van der Waals surface area contributed by atoms with Crippen LogP contribution in [0.25, 0.3) is 0 Å². The summed E-state index contributed by atoms with van der Waals surface area (Å²) in [6, 6.07) is 6.65. The number of alkyl halides is 3. The summed E-state index contributed by atoms with van der Waals surface area (Å²) in [6.45, 7) is 5.02. The number of benzene rings is 1. The van der Waals surface area contributed by atoms with E-state index in [1.54, 1.807) is 18.2 Å². The van der Waals surface area contributed by atoms with Gasteiger partial charge in [0.25, 0.3) is 0 Å². The Labute approximate surface area is 122 Å². The second-order valence-corrected chi connectivity index (χ2v) is 4.75. The van der Waals surface area contributed by atoms with Crippen LogP contribution in [0.5, 0.6) is 5.75 Å². The first kappa shape index (κ1) is 17.1. The number of piperazine rings is 1. The van der Waals surface area contributed by atoms with E-state index < -0.39 is 6.36 Å². The molecule has 1 N–H and O–H groups in total. The number of hydrogen-bond donors (Lipinski definition) is 1. The van der Waals surface area contributed by atoms with Crippen LogP contribution in [0.4, 0.5) is 13.2 Å². The van der Waals surface area contributed by atoms with Crippen LogP contribution in [0.3, 0.4) is 0 Å². The van der Waals surface area contributed by atoms with Gasteiger partial charge in [0.2, 0.25) is 0 Å². The molecule has 1 aromatic rings. The van der Waals surface area contributed by atoms with E-state index in [1.165, 1.54) is 6.07 Å². The van der Waals surface area contributed by atoms with Gasteiger partial charge in [0, 0.05) is 37.8 Å². The number of para-hydroxylation sites is 1. The van der Waals surface area contributed by atoms with Gasteiger partial charge in [-0.05, 0) is 13.0 Å². The molecular weight excluding hydrogens is 293 g/mol. The molecule has 1 saturated heterocycles. The lowest BCUT2D eigenvalue weighted by Crippen LogP contribution is -2.48. The summed E-state index contributed by atoms with van der Waals surface area (Å²) in [6.07, 6.45) is -4.65.